The molecule has 0 atom stereocenters. The van der Waals surface area contributed by atoms with Gasteiger partial charge in [0.2, 0.25) is 0 Å². The van der Waals surface area contributed by atoms with Crippen LogP contribution in [-0.2, 0) is 6.54 Å². The van der Waals surface area contributed by atoms with Crippen LogP contribution in [0.4, 0.5) is 5.82 Å². The van der Waals surface area contributed by atoms with Gasteiger partial charge in [0.25, 0.3) is 0 Å². The van der Waals surface area contributed by atoms with Gasteiger partial charge in [-0.3, -0.25) is 0 Å². The average molecular weight is 215 g/mol. The molecule has 1 aromatic heterocycles. The first-order valence-corrected chi connectivity index (χ1v) is 5.03. The molecule has 16 heavy (non-hydrogen) atoms. The summed E-state index contributed by atoms with van der Waals surface area (Å²) in [7, 11) is 1.62. The standard InChI is InChI=1S/C12H13N3O/c1-16-11-7-8-14-15-12(11)13-9-10-5-3-2-4-6-10/h2-8H,9H2,1H3,(H,13,15). The predicted octanol–water partition coefficient (Wildman–Crippen LogP) is 2.10. The van der Waals surface area contributed by atoms with Crippen molar-refractivity contribution in [2.24, 2.45) is 0 Å². The molecule has 1 heterocycles. The Labute approximate surface area is 94.3 Å². The van der Waals surface area contributed by atoms with Crippen molar-refractivity contribution in [2.45, 2.75) is 6.54 Å². The summed E-state index contributed by atoms with van der Waals surface area (Å²) in [5.41, 5.74) is 1.19. The largest absolute Gasteiger partial charge is 0.493 e. The Bertz CT molecular complexity index is 445. The van der Waals surface area contributed by atoms with Crippen molar-refractivity contribution >= 4 is 5.82 Å². The summed E-state index contributed by atoms with van der Waals surface area (Å²) in [5, 5.41) is 11.0. The normalized spacial score (nSPS) is 9.81. The molecular weight excluding hydrogens is 202 g/mol. The summed E-state index contributed by atoms with van der Waals surface area (Å²) in [6.07, 6.45) is 1.60. The van der Waals surface area contributed by atoms with Crippen LogP contribution in [0.15, 0.2) is 42.6 Å². The fourth-order valence-electron chi connectivity index (χ4n) is 1.39. The third-order valence-corrected chi connectivity index (χ3v) is 2.21. The van der Waals surface area contributed by atoms with Crippen molar-refractivity contribution in [3.05, 3.63) is 48.2 Å². The van der Waals surface area contributed by atoms with Gasteiger partial charge < -0.3 is 10.1 Å². The number of nitrogens with zero attached hydrogens (tertiary/aromatic N) is 2. The van der Waals surface area contributed by atoms with Gasteiger partial charge in [-0.2, -0.15) is 5.10 Å². The van der Waals surface area contributed by atoms with E-state index in [4.69, 9.17) is 4.74 Å². The molecule has 0 saturated carbocycles. The minimum absolute atomic E-state index is 0.661. The SMILES string of the molecule is COc1ccnnc1NCc1ccccc1. The summed E-state index contributed by atoms with van der Waals surface area (Å²) in [6, 6.07) is 11.9. The number of ether oxygens (including phenoxy) is 1. The second-order valence-corrected chi connectivity index (χ2v) is 3.29. The summed E-state index contributed by atoms with van der Waals surface area (Å²) >= 11 is 0. The van der Waals surface area contributed by atoms with Gasteiger partial charge in [-0.25, -0.2) is 0 Å². The van der Waals surface area contributed by atoms with Crippen LogP contribution in [0.1, 0.15) is 5.56 Å². The second kappa shape index (κ2) is 5.11. The lowest BCUT2D eigenvalue weighted by atomic mass is 10.2. The summed E-state index contributed by atoms with van der Waals surface area (Å²) in [5.74, 6) is 1.36. The minimum Gasteiger partial charge on any atom is -0.493 e. The molecule has 0 amide bonds. The highest BCUT2D eigenvalue weighted by Gasteiger charge is 2.02. The van der Waals surface area contributed by atoms with Gasteiger partial charge in [-0.15, -0.1) is 5.10 Å². The lowest BCUT2D eigenvalue weighted by molar-refractivity contribution is 0.413. The van der Waals surface area contributed by atoms with Crippen LogP contribution >= 0.6 is 0 Å². The van der Waals surface area contributed by atoms with E-state index in [0.717, 1.165) is 0 Å². The first-order chi connectivity index (χ1) is 7.90. The highest BCUT2D eigenvalue weighted by Crippen LogP contribution is 2.19. The van der Waals surface area contributed by atoms with Gasteiger partial charge >= 0.3 is 0 Å². The van der Waals surface area contributed by atoms with Crippen LogP contribution in [0, 0.1) is 0 Å². The zero-order valence-electron chi connectivity index (χ0n) is 9.05. The van der Waals surface area contributed by atoms with E-state index in [9.17, 15) is 0 Å². The zero-order valence-corrected chi connectivity index (χ0v) is 9.05. The highest BCUT2D eigenvalue weighted by atomic mass is 16.5. The fraction of sp³-hybridized carbons (Fsp3) is 0.167. The molecule has 0 radical (unpaired) electrons. The average Bonchev–Trinajstić information content (AvgIpc) is 2.38. The van der Waals surface area contributed by atoms with Crippen LogP contribution < -0.4 is 10.1 Å². The highest BCUT2D eigenvalue weighted by molar-refractivity contribution is 5.48. The van der Waals surface area contributed by atoms with Crippen molar-refractivity contribution in [1.29, 1.82) is 0 Å². The molecule has 2 rings (SSSR count). The number of aromatic nitrogens is 2. The maximum absolute atomic E-state index is 5.17. The first kappa shape index (κ1) is 10.4. The van der Waals surface area contributed by atoms with Gasteiger partial charge in [0.1, 0.15) is 0 Å². The van der Waals surface area contributed by atoms with Crippen LogP contribution in [0.25, 0.3) is 0 Å². The molecule has 0 bridgehead atoms. The molecule has 4 heteroatoms. The van der Waals surface area contributed by atoms with E-state index in [1.807, 2.05) is 18.2 Å². The van der Waals surface area contributed by atoms with Gasteiger partial charge in [-0.05, 0) is 5.56 Å². The monoisotopic (exact) mass is 215 g/mol. The van der Waals surface area contributed by atoms with Crippen LogP contribution in [-0.4, -0.2) is 17.3 Å². The van der Waals surface area contributed by atoms with Crippen molar-refractivity contribution in [1.82, 2.24) is 10.2 Å². The molecule has 0 aliphatic rings. The van der Waals surface area contributed by atoms with Crippen LogP contribution in [0.3, 0.4) is 0 Å². The van der Waals surface area contributed by atoms with Gasteiger partial charge in [0.15, 0.2) is 11.6 Å². The second-order valence-electron chi connectivity index (χ2n) is 3.29. The van der Waals surface area contributed by atoms with Gasteiger partial charge in [-0.1, -0.05) is 30.3 Å². The van der Waals surface area contributed by atoms with Gasteiger partial charge in [0, 0.05) is 12.6 Å². The number of methoxy groups -OCH3 is 1. The number of nitrogens with one attached hydrogen (secondary N) is 1. The molecule has 0 aliphatic carbocycles. The molecule has 0 fully saturated rings. The number of hydrogen-bond acceptors (Lipinski definition) is 4. The lowest BCUT2D eigenvalue weighted by Gasteiger charge is -2.08. The maximum Gasteiger partial charge on any atom is 0.191 e. The van der Waals surface area contributed by atoms with E-state index in [2.05, 4.69) is 27.6 Å². The molecular formula is C12H13N3O. The lowest BCUT2D eigenvalue weighted by Crippen LogP contribution is -2.03. The summed E-state index contributed by atoms with van der Waals surface area (Å²) < 4.78 is 5.17. The number of hydrogen-bond donors (Lipinski definition) is 1. The molecule has 2 aromatic rings. The van der Waals surface area contributed by atoms with Crippen LogP contribution in [0.5, 0.6) is 5.75 Å². The Morgan fingerprint density at radius 3 is 2.75 bits per heavy atom. The topological polar surface area (TPSA) is 47.0 Å². The molecule has 82 valence electrons. The summed E-state index contributed by atoms with van der Waals surface area (Å²) in [4.78, 5) is 0. The van der Waals surface area contributed by atoms with E-state index in [-0.39, 0.29) is 0 Å². The van der Waals surface area contributed by atoms with Crippen molar-refractivity contribution < 1.29 is 4.74 Å². The quantitative estimate of drug-likeness (QED) is 0.848. The Morgan fingerprint density at radius 2 is 2.00 bits per heavy atom. The summed E-state index contributed by atoms with van der Waals surface area (Å²) in [6.45, 7) is 0.704. The predicted molar refractivity (Wildman–Crippen MR) is 62.4 cm³/mol. The Kier molecular flexibility index (Phi) is 3.33. The van der Waals surface area contributed by atoms with E-state index in [1.165, 1.54) is 5.56 Å². The molecule has 0 spiro atoms. The Morgan fingerprint density at radius 1 is 1.19 bits per heavy atom. The molecule has 4 nitrogen and oxygen atoms in total. The first-order valence-electron chi connectivity index (χ1n) is 5.03. The maximum atomic E-state index is 5.17. The zero-order chi connectivity index (χ0) is 11.2. The molecule has 0 saturated heterocycles. The minimum atomic E-state index is 0.661. The molecule has 0 unspecified atom stereocenters. The molecule has 0 aliphatic heterocycles. The number of anilines is 1. The third kappa shape index (κ3) is 2.48. The molecule has 1 N–H and O–H groups in total. The Balaban J connectivity index is 2.05. The van der Waals surface area contributed by atoms with Gasteiger partial charge in [0.05, 0.1) is 13.3 Å². The van der Waals surface area contributed by atoms with Crippen LogP contribution in [0.2, 0.25) is 0 Å². The fourth-order valence-corrected chi connectivity index (χ4v) is 1.39. The molecule has 1 aromatic carbocycles. The van der Waals surface area contributed by atoms with E-state index >= 15 is 0 Å². The van der Waals surface area contributed by atoms with Crippen molar-refractivity contribution in [2.75, 3.05) is 12.4 Å². The smallest absolute Gasteiger partial charge is 0.191 e. The third-order valence-electron chi connectivity index (χ3n) is 2.21. The van der Waals surface area contributed by atoms with Crippen molar-refractivity contribution in [3.63, 3.8) is 0 Å². The van der Waals surface area contributed by atoms with E-state index in [0.29, 0.717) is 18.1 Å². The van der Waals surface area contributed by atoms with E-state index in [1.54, 1.807) is 19.4 Å². The number of rotatable bonds is 4. The number of benzene rings is 1. The van der Waals surface area contributed by atoms with Crippen molar-refractivity contribution in [3.8, 4) is 5.75 Å². The Hall–Kier alpha value is -2.10. The van der Waals surface area contributed by atoms with E-state index < -0.39 is 0 Å².